The largest absolute Gasteiger partial charge is 0.497 e. The molecule has 144 valence electrons. The van der Waals surface area contributed by atoms with Crippen molar-refractivity contribution in [1.82, 2.24) is 10.9 Å². The number of hydrogen-bond acceptors (Lipinski definition) is 5. The second kappa shape index (κ2) is 10.6. The summed E-state index contributed by atoms with van der Waals surface area (Å²) in [4.78, 5) is 11.9. The number of carbonyl (C=O) groups excluding carboxylic acids is 1. The van der Waals surface area contributed by atoms with E-state index in [1.807, 2.05) is 6.92 Å². The number of amides is 1. The zero-order valence-electron chi connectivity index (χ0n) is 15.5. The van der Waals surface area contributed by atoms with Gasteiger partial charge in [-0.15, -0.1) is 11.8 Å². The van der Waals surface area contributed by atoms with Crippen LogP contribution in [0, 0.1) is 6.92 Å². The molecule has 0 radical (unpaired) electrons. The normalized spacial score (nSPS) is 10.0. The molecule has 0 saturated carbocycles. The first-order chi connectivity index (χ1) is 13.0. The minimum absolute atomic E-state index is 0.158. The van der Waals surface area contributed by atoms with E-state index in [0.717, 1.165) is 5.75 Å². The quantitative estimate of drug-likeness (QED) is 0.482. The minimum atomic E-state index is -0.158. The van der Waals surface area contributed by atoms with Crippen molar-refractivity contribution in [3.8, 4) is 11.5 Å². The Labute approximate surface area is 169 Å². The third-order valence-electron chi connectivity index (χ3n) is 3.59. The number of thiocarbonyl (C=S) groups is 1. The van der Waals surface area contributed by atoms with Crippen LogP contribution in [0.5, 0.6) is 11.5 Å². The fourth-order valence-corrected chi connectivity index (χ4v) is 3.12. The first kappa shape index (κ1) is 20.9. The van der Waals surface area contributed by atoms with Gasteiger partial charge < -0.3 is 14.8 Å². The number of hydrogen-bond donors (Lipinski definition) is 3. The summed E-state index contributed by atoms with van der Waals surface area (Å²) < 4.78 is 10.5. The van der Waals surface area contributed by atoms with Gasteiger partial charge in [0.05, 0.1) is 25.7 Å². The van der Waals surface area contributed by atoms with Crippen LogP contribution in [0.15, 0.2) is 42.5 Å². The fraction of sp³-hybridized carbons (Fsp3) is 0.263. The molecule has 0 aliphatic carbocycles. The van der Waals surface area contributed by atoms with Gasteiger partial charge in [0.15, 0.2) is 5.11 Å². The van der Waals surface area contributed by atoms with E-state index in [2.05, 4.69) is 40.4 Å². The van der Waals surface area contributed by atoms with Crippen LogP contribution in [0.2, 0.25) is 0 Å². The van der Waals surface area contributed by atoms with Crippen LogP contribution in [0.25, 0.3) is 0 Å². The first-order valence-corrected chi connectivity index (χ1v) is 9.79. The molecule has 0 aliphatic heterocycles. The summed E-state index contributed by atoms with van der Waals surface area (Å²) in [7, 11) is 3.15. The highest BCUT2D eigenvalue weighted by atomic mass is 32.2. The number of ether oxygens (including phenoxy) is 2. The van der Waals surface area contributed by atoms with Crippen molar-refractivity contribution >= 4 is 40.7 Å². The summed E-state index contributed by atoms with van der Waals surface area (Å²) in [5.74, 6) is 2.22. The maximum absolute atomic E-state index is 11.9. The number of rotatable bonds is 7. The van der Waals surface area contributed by atoms with E-state index in [4.69, 9.17) is 21.7 Å². The topological polar surface area (TPSA) is 71.6 Å². The Hall–Kier alpha value is -2.45. The highest BCUT2D eigenvalue weighted by molar-refractivity contribution is 7.99. The van der Waals surface area contributed by atoms with Crippen LogP contribution in [0.3, 0.4) is 0 Å². The Balaban J connectivity index is 1.74. The van der Waals surface area contributed by atoms with Gasteiger partial charge in [-0.25, -0.2) is 0 Å². The molecule has 2 rings (SSSR count). The lowest BCUT2D eigenvalue weighted by atomic mass is 10.2. The molecule has 0 saturated heterocycles. The molecule has 3 N–H and O–H groups in total. The Morgan fingerprint density at radius 3 is 2.48 bits per heavy atom. The van der Waals surface area contributed by atoms with E-state index in [9.17, 15) is 4.79 Å². The van der Waals surface area contributed by atoms with Crippen LogP contribution in [0.4, 0.5) is 5.69 Å². The summed E-state index contributed by atoms with van der Waals surface area (Å²) in [6.45, 7) is 2.05. The lowest BCUT2D eigenvalue weighted by Gasteiger charge is -2.15. The first-order valence-electron chi connectivity index (χ1n) is 8.23. The van der Waals surface area contributed by atoms with Gasteiger partial charge in [0, 0.05) is 11.8 Å². The Bertz CT molecular complexity index is 782. The molecule has 27 heavy (non-hydrogen) atoms. The summed E-state index contributed by atoms with van der Waals surface area (Å²) in [6.07, 6.45) is 0. The molecule has 0 spiro atoms. The predicted molar refractivity (Wildman–Crippen MR) is 114 cm³/mol. The van der Waals surface area contributed by atoms with E-state index in [0.29, 0.717) is 22.9 Å². The van der Waals surface area contributed by atoms with Crippen molar-refractivity contribution in [3.63, 3.8) is 0 Å². The van der Waals surface area contributed by atoms with E-state index < -0.39 is 0 Å². The summed E-state index contributed by atoms with van der Waals surface area (Å²) >= 11 is 6.74. The molecule has 2 aromatic rings. The van der Waals surface area contributed by atoms with Crippen LogP contribution < -0.4 is 25.6 Å². The van der Waals surface area contributed by atoms with Crippen molar-refractivity contribution in [2.24, 2.45) is 0 Å². The van der Waals surface area contributed by atoms with Gasteiger partial charge in [-0.2, -0.15) is 0 Å². The van der Waals surface area contributed by atoms with Crippen molar-refractivity contribution < 1.29 is 14.3 Å². The maximum Gasteiger partial charge on any atom is 0.248 e. The number of anilines is 1. The molecule has 8 heteroatoms. The number of methoxy groups -OCH3 is 2. The highest BCUT2D eigenvalue weighted by Gasteiger charge is 2.08. The average Bonchev–Trinajstić information content (AvgIpc) is 2.68. The van der Waals surface area contributed by atoms with Gasteiger partial charge >= 0.3 is 0 Å². The van der Waals surface area contributed by atoms with Gasteiger partial charge in [0.2, 0.25) is 5.91 Å². The Morgan fingerprint density at radius 1 is 1.07 bits per heavy atom. The number of nitrogens with one attached hydrogen (secondary N) is 3. The Morgan fingerprint density at radius 2 is 1.81 bits per heavy atom. The summed E-state index contributed by atoms with van der Waals surface area (Å²) in [5.41, 5.74) is 8.31. The number of benzene rings is 2. The van der Waals surface area contributed by atoms with Crippen LogP contribution >= 0.6 is 24.0 Å². The maximum atomic E-state index is 11.9. The van der Waals surface area contributed by atoms with Crippen molar-refractivity contribution in [2.45, 2.75) is 12.7 Å². The summed E-state index contributed by atoms with van der Waals surface area (Å²) in [5, 5.41) is 3.22. The van der Waals surface area contributed by atoms with Crippen molar-refractivity contribution in [3.05, 3.63) is 53.6 Å². The molecule has 0 fully saturated rings. The van der Waals surface area contributed by atoms with E-state index >= 15 is 0 Å². The Kier molecular flexibility index (Phi) is 8.22. The molecule has 2 aromatic carbocycles. The monoisotopic (exact) mass is 405 g/mol. The van der Waals surface area contributed by atoms with Crippen LogP contribution in [-0.2, 0) is 10.5 Å². The third kappa shape index (κ3) is 6.99. The second-order valence-electron chi connectivity index (χ2n) is 5.67. The number of thioether (sulfide) groups is 1. The van der Waals surface area contributed by atoms with Gasteiger partial charge in [0.25, 0.3) is 0 Å². The molecule has 0 unspecified atom stereocenters. The van der Waals surface area contributed by atoms with E-state index in [1.54, 1.807) is 32.4 Å². The van der Waals surface area contributed by atoms with E-state index in [-0.39, 0.29) is 11.0 Å². The lowest BCUT2D eigenvalue weighted by Crippen LogP contribution is -2.44. The van der Waals surface area contributed by atoms with Gasteiger partial charge in [-0.1, -0.05) is 29.8 Å². The molecule has 0 bridgehead atoms. The van der Waals surface area contributed by atoms with Gasteiger partial charge in [0.1, 0.15) is 11.5 Å². The summed E-state index contributed by atoms with van der Waals surface area (Å²) in [6, 6.07) is 13.6. The molecule has 0 heterocycles. The lowest BCUT2D eigenvalue weighted by molar-refractivity contribution is -0.119. The SMILES string of the molecule is COc1ccc(OC)c(NC(=S)NNC(=O)CSCc2ccc(C)cc2)c1. The van der Waals surface area contributed by atoms with Crippen LogP contribution in [-0.4, -0.2) is 31.0 Å². The average molecular weight is 406 g/mol. The molecule has 0 atom stereocenters. The number of aryl methyl sites for hydroxylation is 1. The molecule has 1 amide bonds. The minimum Gasteiger partial charge on any atom is -0.497 e. The molecule has 0 aromatic heterocycles. The molecule has 6 nitrogen and oxygen atoms in total. The smallest absolute Gasteiger partial charge is 0.248 e. The van der Waals surface area contributed by atoms with Crippen molar-refractivity contribution in [2.75, 3.05) is 25.3 Å². The van der Waals surface area contributed by atoms with Gasteiger partial charge in [-0.05, 0) is 36.8 Å². The molecular weight excluding hydrogens is 382 g/mol. The van der Waals surface area contributed by atoms with Gasteiger partial charge in [-0.3, -0.25) is 15.6 Å². The fourth-order valence-electron chi connectivity index (χ4n) is 2.17. The molecular formula is C19H23N3O3S2. The van der Waals surface area contributed by atoms with Crippen LogP contribution in [0.1, 0.15) is 11.1 Å². The highest BCUT2D eigenvalue weighted by Crippen LogP contribution is 2.28. The number of hydrazine groups is 1. The number of carbonyl (C=O) groups is 1. The standard InChI is InChI=1S/C19H23N3O3S2/c1-13-4-6-14(7-5-13)11-27-12-18(23)21-22-19(26)20-16-10-15(24-2)8-9-17(16)25-3/h4-10H,11-12H2,1-3H3,(H,21,23)(H2,20,22,26). The zero-order chi connectivity index (χ0) is 19.6. The third-order valence-corrected chi connectivity index (χ3v) is 4.80. The van der Waals surface area contributed by atoms with E-state index in [1.165, 1.54) is 22.9 Å². The second-order valence-corrected chi connectivity index (χ2v) is 7.07. The van der Waals surface area contributed by atoms with Crippen molar-refractivity contribution in [1.29, 1.82) is 0 Å². The molecule has 0 aliphatic rings. The zero-order valence-corrected chi connectivity index (χ0v) is 17.1. The predicted octanol–water partition coefficient (Wildman–Crippen LogP) is 3.26.